The molecule has 10 heteroatoms. The molecule has 28 heavy (non-hydrogen) atoms. The quantitative estimate of drug-likeness (QED) is 0.452. The number of carbonyl (C=O) groups is 1. The van der Waals surface area contributed by atoms with E-state index in [1.165, 1.54) is 22.7 Å². The average Bonchev–Trinajstić information content (AvgIpc) is 3.05. The summed E-state index contributed by atoms with van der Waals surface area (Å²) in [5.41, 5.74) is -1.44. The average molecular weight is 399 g/mol. The number of ether oxygens (including phenoxy) is 1. The highest BCUT2D eigenvalue weighted by Crippen LogP contribution is 2.28. The summed E-state index contributed by atoms with van der Waals surface area (Å²) in [6, 6.07) is 4.45. The van der Waals surface area contributed by atoms with Crippen molar-refractivity contribution in [2.45, 2.75) is 25.9 Å². The fourth-order valence-corrected chi connectivity index (χ4v) is 2.62. The Morgan fingerprint density at radius 1 is 1.21 bits per heavy atom. The Morgan fingerprint density at radius 3 is 2.61 bits per heavy atom. The van der Waals surface area contributed by atoms with Gasteiger partial charge in [-0.2, -0.15) is 13.2 Å². The smallest absolute Gasteiger partial charge is 0.433 e. The third-order valence-corrected chi connectivity index (χ3v) is 3.85. The first-order valence-corrected chi connectivity index (χ1v) is 8.19. The van der Waals surface area contributed by atoms with E-state index in [0.717, 1.165) is 18.3 Å². The van der Waals surface area contributed by atoms with Crippen LogP contribution in [-0.4, -0.2) is 26.8 Å². The Kier molecular flexibility index (Phi) is 5.30. The van der Waals surface area contributed by atoms with Crippen LogP contribution in [0.3, 0.4) is 0 Å². The van der Waals surface area contributed by atoms with Gasteiger partial charge < -0.3 is 9.14 Å². The molecule has 148 valence electrons. The number of pyridine rings is 2. The lowest BCUT2D eigenvalue weighted by Gasteiger charge is -2.11. The molecule has 0 amide bonds. The van der Waals surface area contributed by atoms with Crippen molar-refractivity contribution in [3.8, 4) is 5.75 Å². The lowest BCUT2D eigenvalue weighted by Crippen LogP contribution is -2.13. The van der Waals surface area contributed by atoms with E-state index in [1.54, 1.807) is 6.92 Å². The van der Waals surface area contributed by atoms with E-state index < -0.39 is 29.8 Å². The summed E-state index contributed by atoms with van der Waals surface area (Å²) in [6.07, 6.45) is -5.25. The summed E-state index contributed by atoms with van der Waals surface area (Å²) >= 11 is 0. The number of nitrogens with zero attached hydrogens (tertiary/aromatic N) is 3. The lowest BCUT2D eigenvalue weighted by atomic mass is 10.1. The molecule has 3 aromatic heterocycles. The Bertz CT molecular complexity index is 1010. The summed E-state index contributed by atoms with van der Waals surface area (Å²) in [7, 11) is 0. The number of imidazole rings is 1. The number of hydrogen-bond acceptors (Lipinski definition) is 4. The van der Waals surface area contributed by atoms with Crippen molar-refractivity contribution in [2.75, 3.05) is 6.61 Å². The van der Waals surface area contributed by atoms with Gasteiger partial charge in [0.05, 0.1) is 6.61 Å². The van der Waals surface area contributed by atoms with E-state index in [4.69, 9.17) is 4.74 Å². The van der Waals surface area contributed by atoms with Gasteiger partial charge >= 0.3 is 6.18 Å². The number of fused-ring (bicyclic) bond motifs is 1. The molecule has 0 spiro atoms. The van der Waals surface area contributed by atoms with Crippen molar-refractivity contribution >= 4 is 11.4 Å². The second kappa shape index (κ2) is 7.53. The number of rotatable bonds is 6. The zero-order chi connectivity index (χ0) is 20.5. The summed E-state index contributed by atoms with van der Waals surface area (Å²) in [4.78, 5) is 19.6. The SMILES string of the molecule is CCOc1cc2nc(C(F)F)cn2cc1CC(=O)c1cccc(C(F)(F)F)n1. The van der Waals surface area contributed by atoms with Gasteiger partial charge in [-0.05, 0) is 19.1 Å². The zero-order valence-corrected chi connectivity index (χ0v) is 14.5. The summed E-state index contributed by atoms with van der Waals surface area (Å²) in [5.74, 6) is -0.428. The van der Waals surface area contributed by atoms with Crippen LogP contribution in [0, 0.1) is 0 Å². The monoisotopic (exact) mass is 399 g/mol. The molecule has 0 unspecified atom stereocenters. The second-order valence-electron chi connectivity index (χ2n) is 5.83. The first kappa shape index (κ1) is 19.7. The highest BCUT2D eigenvalue weighted by Gasteiger charge is 2.33. The molecule has 0 N–H and O–H groups in total. The molecule has 3 rings (SSSR count). The van der Waals surface area contributed by atoms with Gasteiger partial charge in [0.1, 0.15) is 28.5 Å². The number of Topliss-reactive ketones (excluding diaryl/α,β-unsaturated/α-hetero) is 1. The van der Waals surface area contributed by atoms with Crippen LogP contribution in [0.4, 0.5) is 22.0 Å². The highest BCUT2D eigenvalue weighted by molar-refractivity contribution is 5.96. The van der Waals surface area contributed by atoms with Gasteiger partial charge in [0.15, 0.2) is 5.78 Å². The summed E-state index contributed by atoms with van der Waals surface area (Å²) in [6.45, 7) is 1.93. The van der Waals surface area contributed by atoms with Gasteiger partial charge in [-0.3, -0.25) is 4.79 Å². The number of hydrogen-bond donors (Lipinski definition) is 0. The van der Waals surface area contributed by atoms with Gasteiger partial charge in [0.2, 0.25) is 0 Å². The van der Waals surface area contributed by atoms with Crippen molar-refractivity contribution in [1.29, 1.82) is 0 Å². The molecule has 0 aliphatic rings. The second-order valence-corrected chi connectivity index (χ2v) is 5.83. The minimum atomic E-state index is -4.67. The molecular formula is C18H14F5N3O2. The van der Waals surface area contributed by atoms with Gasteiger partial charge in [0.25, 0.3) is 6.43 Å². The Balaban J connectivity index is 1.96. The molecule has 0 fully saturated rings. The van der Waals surface area contributed by atoms with E-state index in [-0.39, 0.29) is 30.1 Å². The standard InChI is InChI=1S/C18H14F5N3O2/c1-2-28-14-7-16-25-12(17(19)20)9-26(16)8-10(14)6-13(27)11-4-3-5-15(24-11)18(21,22)23/h3-5,7-9,17H,2,6H2,1H3. The molecule has 3 heterocycles. The molecule has 0 aliphatic carbocycles. The van der Waals surface area contributed by atoms with Crippen LogP contribution in [0.5, 0.6) is 5.75 Å². The van der Waals surface area contributed by atoms with Crippen molar-refractivity contribution in [3.05, 3.63) is 59.3 Å². The van der Waals surface area contributed by atoms with Crippen molar-refractivity contribution in [2.24, 2.45) is 0 Å². The maximum absolute atomic E-state index is 12.9. The molecule has 0 radical (unpaired) electrons. The fourth-order valence-electron chi connectivity index (χ4n) is 2.62. The molecule has 0 aliphatic heterocycles. The number of halogens is 5. The van der Waals surface area contributed by atoms with E-state index >= 15 is 0 Å². The molecule has 0 bridgehead atoms. The first-order valence-electron chi connectivity index (χ1n) is 8.19. The zero-order valence-electron chi connectivity index (χ0n) is 14.5. The van der Waals surface area contributed by atoms with Crippen LogP contribution in [-0.2, 0) is 12.6 Å². The number of carbonyl (C=O) groups excluding carboxylic acids is 1. The topological polar surface area (TPSA) is 56.5 Å². The predicted octanol–water partition coefficient (Wildman–Crippen LogP) is 4.51. The van der Waals surface area contributed by atoms with Crippen LogP contribution < -0.4 is 4.74 Å². The minimum absolute atomic E-state index is 0.201. The molecule has 3 aromatic rings. The third kappa shape index (κ3) is 4.10. The van der Waals surface area contributed by atoms with Crippen molar-refractivity contribution in [1.82, 2.24) is 14.4 Å². The molecule has 5 nitrogen and oxygen atoms in total. The third-order valence-electron chi connectivity index (χ3n) is 3.85. The van der Waals surface area contributed by atoms with Gasteiger partial charge in [-0.25, -0.2) is 18.7 Å². The van der Waals surface area contributed by atoms with Crippen LogP contribution in [0.15, 0.2) is 36.7 Å². The van der Waals surface area contributed by atoms with E-state index in [0.29, 0.717) is 5.56 Å². The Labute approximate surface area is 155 Å². The Hall–Kier alpha value is -3.04. The highest BCUT2D eigenvalue weighted by atomic mass is 19.4. The fraction of sp³-hybridized carbons (Fsp3) is 0.278. The largest absolute Gasteiger partial charge is 0.493 e. The molecule has 0 saturated heterocycles. The van der Waals surface area contributed by atoms with Crippen LogP contribution in [0.1, 0.15) is 40.8 Å². The normalized spacial score (nSPS) is 12.0. The molecule has 0 atom stereocenters. The summed E-state index contributed by atoms with van der Waals surface area (Å²) in [5, 5.41) is 0. The predicted molar refractivity (Wildman–Crippen MR) is 88.6 cm³/mol. The number of alkyl halides is 5. The minimum Gasteiger partial charge on any atom is -0.493 e. The first-order chi connectivity index (χ1) is 13.2. The number of ketones is 1. The number of aromatic nitrogens is 3. The Morgan fingerprint density at radius 2 is 1.96 bits per heavy atom. The molecule has 0 aromatic carbocycles. The summed E-state index contributed by atoms with van der Waals surface area (Å²) < 4.78 is 70.9. The maximum Gasteiger partial charge on any atom is 0.433 e. The van der Waals surface area contributed by atoms with E-state index in [2.05, 4.69) is 9.97 Å². The van der Waals surface area contributed by atoms with Crippen LogP contribution >= 0.6 is 0 Å². The van der Waals surface area contributed by atoms with Gasteiger partial charge in [0, 0.05) is 30.4 Å². The van der Waals surface area contributed by atoms with Gasteiger partial charge in [-0.1, -0.05) is 6.07 Å². The molecular weight excluding hydrogens is 385 g/mol. The molecule has 0 saturated carbocycles. The van der Waals surface area contributed by atoms with E-state index in [1.807, 2.05) is 0 Å². The van der Waals surface area contributed by atoms with Crippen molar-refractivity contribution in [3.63, 3.8) is 0 Å². The van der Waals surface area contributed by atoms with Crippen molar-refractivity contribution < 1.29 is 31.5 Å². The maximum atomic E-state index is 12.9. The van der Waals surface area contributed by atoms with E-state index in [9.17, 15) is 26.7 Å². The van der Waals surface area contributed by atoms with Crippen LogP contribution in [0.25, 0.3) is 5.65 Å². The van der Waals surface area contributed by atoms with Gasteiger partial charge in [-0.15, -0.1) is 0 Å². The van der Waals surface area contributed by atoms with Crippen LogP contribution in [0.2, 0.25) is 0 Å². The lowest BCUT2D eigenvalue weighted by molar-refractivity contribution is -0.141.